The van der Waals surface area contributed by atoms with E-state index < -0.39 is 10.8 Å². The van der Waals surface area contributed by atoms with Crippen LogP contribution in [0.3, 0.4) is 0 Å². The number of nitrogens with zero attached hydrogens (tertiary/aromatic N) is 3. The van der Waals surface area contributed by atoms with Gasteiger partial charge in [-0.1, -0.05) is 29.5 Å². The molecule has 1 N–H and O–H groups in total. The molecule has 0 aliphatic heterocycles. The number of fused-ring (bicyclic) bond motifs is 1. The molecule has 8 heteroatoms. The van der Waals surface area contributed by atoms with Crippen LogP contribution in [0.4, 0.5) is 11.4 Å². The Bertz CT molecular complexity index is 1230. The number of nitro benzene ring substituents is 1. The predicted octanol–water partition coefficient (Wildman–Crippen LogP) is 5.14. The van der Waals surface area contributed by atoms with Gasteiger partial charge in [0.15, 0.2) is 0 Å². The summed E-state index contributed by atoms with van der Waals surface area (Å²) in [5, 5.41) is 14.8. The first kappa shape index (κ1) is 18.7. The van der Waals surface area contributed by atoms with E-state index in [1.807, 2.05) is 31.2 Å². The monoisotopic (exact) mass is 404 g/mol. The van der Waals surface area contributed by atoms with Gasteiger partial charge in [-0.05, 0) is 43.7 Å². The van der Waals surface area contributed by atoms with E-state index in [-0.39, 0.29) is 11.3 Å². The highest BCUT2D eigenvalue weighted by atomic mass is 32.1. The number of pyridine rings is 1. The number of hydrogen-bond donors (Lipinski definition) is 1. The van der Waals surface area contributed by atoms with Crippen molar-refractivity contribution in [2.24, 2.45) is 0 Å². The van der Waals surface area contributed by atoms with Crippen LogP contribution in [0.2, 0.25) is 0 Å². The summed E-state index contributed by atoms with van der Waals surface area (Å²) in [4.78, 5) is 33.2. The van der Waals surface area contributed by atoms with Crippen LogP contribution in [-0.4, -0.2) is 20.8 Å². The summed E-state index contributed by atoms with van der Waals surface area (Å²) in [5.74, 6) is -0.403. The summed E-state index contributed by atoms with van der Waals surface area (Å²) in [7, 11) is 0. The van der Waals surface area contributed by atoms with E-state index in [9.17, 15) is 14.9 Å². The number of nitrogens with one attached hydrogen (secondary N) is 1. The van der Waals surface area contributed by atoms with E-state index >= 15 is 0 Å². The van der Waals surface area contributed by atoms with Crippen LogP contribution in [-0.2, 0) is 0 Å². The van der Waals surface area contributed by atoms with Gasteiger partial charge in [0.25, 0.3) is 11.6 Å². The fraction of sp³-hybridized carbons (Fsp3) is 0.0952. The third kappa shape index (κ3) is 3.57. The first-order valence-corrected chi connectivity index (χ1v) is 9.63. The van der Waals surface area contributed by atoms with E-state index in [1.165, 1.54) is 17.4 Å². The van der Waals surface area contributed by atoms with Gasteiger partial charge in [0.2, 0.25) is 0 Å². The lowest BCUT2D eigenvalue weighted by Gasteiger charge is -2.11. The van der Waals surface area contributed by atoms with E-state index in [0.717, 1.165) is 26.5 Å². The van der Waals surface area contributed by atoms with Gasteiger partial charge in [0.05, 0.1) is 4.92 Å². The number of anilines is 1. The zero-order valence-electron chi connectivity index (χ0n) is 15.7. The molecule has 0 spiro atoms. The van der Waals surface area contributed by atoms with E-state index in [4.69, 9.17) is 0 Å². The standard InChI is InChI=1S/C21H16N4O3S/c1-12-8-9-14(11-18(12)25(27)28)19(26)23-16-6-3-5-15(13(16)2)20-24-17-7-4-10-22-21(17)29-20/h3-11H,1-2H3,(H,23,26). The minimum absolute atomic E-state index is 0.0786. The van der Waals surface area contributed by atoms with Gasteiger partial charge in [-0.25, -0.2) is 9.97 Å². The molecule has 0 aliphatic rings. The number of nitro groups is 1. The van der Waals surface area contributed by atoms with E-state index in [0.29, 0.717) is 11.3 Å². The summed E-state index contributed by atoms with van der Waals surface area (Å²) in [6, 6.07) is 13.8. The van der Waals surface area contributed by atoms with Gasteiger partial charge >= 0.3 is 0 Å². The predicted molar refractivity (Wildman–Crippen MR) is 113 cm³/mol. The summed E-state index contributed by atoms with van der Waals surface area (Å²) in [6.45, 7) is 3.54. The maximum atomic E-state index is 12.7. The van der Waals surface area contributed by atoms with Crippen LogP contribution in [0.1, 0.15) is 21.5 Å². The Morgan fingerprint density at radius 1 is 1.14 bits per heavy atom. The minimum Gasteiger partial charge on any atom is -0.322 e. The Kier molecular flexibility index (Phi) is 4.77. The molecule has 0 fully saturated rings. The van der Waals surface area contributed by atoms with Gasteiger partial charge in [0, 0.05) is 34.6 Å². The highest BCUT2D eigenvalue weighted by molar-refractivity contribution is 7.21. The fourth-order valence-corrected chi connectivity index (χ4v) is 4.02. The molecule has 2 aromatic heterocycles. The molecule has 2 aromatic carbocycles. The van der Waals surface area contributed by atoms with Crippen LogP contribution in [0.5, 0.6) is 0 Å². The maximum Gasteiger partial charge on any atom is 0.273 e. The van der Waals surface area contributed by atoms with Crippen LogP contribution >= 0.6 is 11.3 Å². The maximum absolute atomic E-state index is 12.7. The second kappa shape index (κ2) is 7.40. The first-order chi connectivity index (χ1) is 13.9. The Labute approximate surface area is 170 Å². The molecule has 0 atom stereocenters. The number of carbonyl (C=O) groups excluding carboxylic acids is 1. The van der Waals surface area contributed by atoms with Crippen LogP contribution in [0.25, 0.3) is 20.9 Å². The van der Waals surface area contributed by atoms with E-state index in [1.54, 1.807) is 31.3 Å². The van der Waals surface area contributed by atoms with E-state index in [2.05, 4.69) is 15.3 Å². The minimum atomic E-state index is -0.487. The molecular formula is C21H16N4O3S. The number of thiazole rings is 1. The Hall–Kier alpha value is -3.65. The third-order valence-corrected chi connectivity index (χ3v) is 5.66. The largest absolute Gasteiger partial charge is 0.322 e. The van der Waals surface area contributed by atoms with Crippen molar-refractivity contribution in [3.8, 4) is 10.6 Å². The number of amides is 1. The highest BCUT2D eigenvalue weighted by Gasteiger charge is 2.17. The summed E-state index contributed by atoms with van der Waals surface area (Å²) in [6.07, 6.45) is 1.73. The van der Waals surface area contributed by atoms with Crippen LogP contribution < -0.4 is 5.32 Å². The molecule has 29 heavy (non-hydrogen) atoms. The fourth-order valence-electron chi connectivity index (χ4n) is 3.03. The van der Waals surface area contributed by atoms with Gasteiger partial charge in [-0.2, -0.15) is 0 Å². The molecule has 4 aromatic rings. The zero-order valence-corrected chi connectivity index (χ0v) is 16.5. The molecule has 1 amide bonds. The third-order valence-electron chi connectivity index (χ3n) is 4.65. The number of aromatic nitrogens is 2. The molecule has 0 radical (unpaired) electrons. The molecule has 0 saturated carbocycles. The molecule has 144 valence electrons. The summed E-state index contributed by atoms with van der Waals surface area (Å²) >= 11 is 1.49. The number of rotatable bonds is 4. The van der Waals surface area contributed by atoms with Crippen molar-refractivity contribution in [2.45, 2.75) is 13.8 Å². The summed E-state index contributed by atoms with van der Waals surface area (Å²) < 4.78 is 0. The average Bonchev–Trinajstić information content (AvgIpc) is 3.13. The Morgan fingerprint density at radius 3 is 2.72 bits per heavy atom. The van der Waals surface area contributed by atoms with Crippen molar-refractivity contribution in [3.63, 3.8) is 0 Å². The van der Waals surface area contributed by atoms with Gasteiger partial charge < -0.3 is 5.32 Å². The zero-order chi connectivity index (χ0) is 20.5. The lowest BCUT2D eigenvalue weighted by molar-refractivity contribution is -0.385. The number of benzene rings is 2. The quantitative estimate of drug-likeness (QED) is 0.375. The van der Waals surface area contributed by atoms with Crippen LogP contribution in [0, 0.1) is 24.0 Å². The molecule has 0 aliphatic carbocycles. The highest BCUT2D eigenvalue weighted by Crippen LogP contribution is 2.33. The lowest BCUT2D eigenvalue weighted by atomic mass is 10.1. The molecule has 0 saturated heterocycles. The number of carbonyl (C=O) groups is 1. The van der Waals surface area contributed by atoms with Gasteiger partial charge in [-0.15, -0.1) is 0 Å². The molecular weight excluding hydrogens is 388 g/mol. The second-order valence-corrected chi connectivity index (χ2v) is 7.51. The van der Waals surface area contributed by atoms with Crippen molar-refractivity contribution < 1.29 is 9.72 Å². The average molecular weight is 404 g/mol. The Balaban J connectivity index is 1.66. The molecule has 4 rings (SSSR count). The molecule has 7 nitrogen and oxygen atoms in total. The number of hydrogen-bond acceptors (Lipinski definition) is 6. The van der Waals surface area contributed by atoms with Crippen LogP contribution in [0.15, 0.2) is 54.7 Å². The molecule has 2 heterocycles. The van der Waals surface area contributed by atoms with Crippen molar-refractivity contribution in [3.05, 3.63) is 81.5 Å². The smallest absolute Gasteiger partial charge is 0.273 e. The normalized spacial score (nSPS) is 10.8. The molecule has 0 bridgehead atoms. The summed E-state index contributed by atoms with van der Waals surface area (Å²) in [5.41, 5.74) is 3.88. The lowest BCUT2D eigenvalue weighted by Crippen LogP contribution is -2.13. The first-order valence-electron chi connectivity index (χ1n) is 8.82. The molecule has 0 unspecified atom stereocenters. The van der Waals surface area contributed by atoms with Crippen molar-refractivity contribution in [1.29, 1.82) is 0 Å². The van der Waals surface area contributed by atoms with Crippen molar-refractivity contribution in [2.75, 3.05) is 5.32 Å². The van der Waals surface area contributed by atoms with Gasteiger partial charge in [-0.3, -0.25) is 14.9 Å². The van der Waals surface area contributed by atoms with Crippen molar-refractivity contribution in [1.82, 2.24) is 9.97 Å². The van der Waals surface area contributed by atoms with Gasteiger partial charge in [0.1, 0.15) is 15.4 Å². The SMILES string of the molecule is Cc1ccc(C(=O)Nc2cccc(-c3nc4cccnc4s3)c2C)cc1[N+](=O)[O-]. The Morgan fingerprint density at radius 2 is 1.97 bits per heavy atom. The van der Waals surface area contributed by atoms with Crippen molar-refractivity contribution >= 4 is 39.0 Å². The topological polar surface area (TPSA) is 98.0 Å². The second-order valence-electron chi connectivity index (χ2n) is 6.54. The number of aryl methyl sites for hydroxylation is 1.